The van der Waals surface area contributed by atoms with E-state index in [1.54, 1.807) is 0 Å². The second-order valence-electron chi connectivity index (χ2n) is 5.85. The van der Waals surface area contributed by atoms with Gasteiger partial charge in [0.15, 0.2) is 0 Å². The lowest BCUT2D eigenvalue weighted by atomic mass is 9.85. The largest absolute Gasteiger partial charge is 0.353 e. The van der Waals surface area contributed by atoms with Crippen LogP contribution < -0.4 is 5.32 Å². The van der Waals surface area contributed by atoms with E-state index in [-0.39, 0.29) is 0 Å². The molecule has 0 saturated heterocycles. The molecule has 0 fully saturated rings. The van der Waals surface area contributed by atoms with Crippen LogP contribution in [0.4, 0.5) is 5.95 Å². The summed E-state index contributed by atoms with van der Waals surface area (Å²) in [4.78, 5) is 4.38. The SMILES string of the molecule is CC(C)Nc1nccn1CC(C(C)C)C(C)C. The molecule has 1 N–H and O–H groups in total. The summed E-state index contributed by atoms with van der Waals surface area (Å²) in [6.07, 6.45) is 3.95. The van der Waals surface area contributed by atoms with E-state index in [2.05, 4.69) is 62.6 Å². The summed E-state index contributed by atoms with van der Waals surface area (Å²) in [5, 5.41) is 3.39. The van der Waals surface area contributed by atoms with E-state index in [0.717, 1.165) is 12.5 Å². The first-order valence-corrected chi connectivity index (χ1v) is 6.69. The summed E-state index contributed by atoms with van der Waals surface area (Å²) in [6.45, 7) is 14.5. The topological polar surface area (TPSA) is 29.9 Å². The third-order valence-corrected chi connectivity index (χ3v) is 3.25. The fourth-order valence-corrected chi connectivity index (χ4v) is 2.27. The third kappa shape index (κ3) is 4.06. The number of rotatable bonds is 6. The maximum atomic E-state index is 4.38. The van der Waals surface area contributed by atoms with Gasteiger partial charge in [0.05, 0.1) is 0 Å². The molecule has 0 aliphatic carbocycles. The summed E-state index contributed by atoms with van der Waals surface area (Å²) in [7, 11) is 0. The van der Waals surface area contributed by atoms with Crippen LogP contribution in [0.5, 0.6) is 0 Å². The fraction of sp³-hybridized carbons (Fsp3) is 0.786. The van der Waals surface area contributed by atoms with Crippen LogP contribution in [0.3, 0.4) is 0 Å². The second kappa shape index (κ2) is 6.08. The summed E-state index contributed by atoms with van der Waals surface area (Å²) < 4.78 is 2.24. The molecule has 1 aromatic rings. The molecule has 0 aromatic carbocycles. The molecule has 1 heterocycles. The number of imidazole rings is 1. The number of anilines is 1. The molecule has 0 spiro atoms. The van der Waals surface area contributed by atoms with Crippen molar-refractivity contribution in [2.75, 3.05) is 5.32 Å². The van der Waals surface area contributed by atoms with E-state index in [1.165, 1.54) is 0 Å². The quantitative estimate of drug-likeness (QED) is 0.818. The maximum absolute atomic E-state index is 4.38. The Labute approximate surface area is 106 Å². The highest BCUT2D eigenvalue weighted by Gasteiger charge is 2.19. The Morgan fingerprint density at radius 1 is 1.12 bits per heavy atom. The number of hydrogen-bond donors (Lipinski definition) is 1. The van der Waals surface area contributed by atoms with Gasteiger partial charge in [-0.2, -0.15) is 0 Å². The van der Waals surface area contributed by atoms with Gasteiger partial charge >= 0.3 is 0 Å². The normalized spacial score (nSPS) is 12.1. The van der Waals surface area contributed by atoms with Crippen molar-refractivity contribution >= 4 is 5.95 Å². The van der Waals surface area contributed by atoms with Gasteiger partial charge in [0, 0.05) is 25.0 Å². The van der Waals surface area contributed by atoms with Crippen LogP contribution in [-0.2, 0) is 6.54 Å². The molecule has 0 bridgehead atoms. The first kappa shape index (κ1) is 14.1. The van der Waals surface area contributed by atoms with Crippen LogP contribution in [0, 0.1) is 17.8 Å². The van der Waals surface area contributed by atoms with Gasteiger partial charge in [0.25, 0.3) is 0 Å². The number of nitrogens with zero attached hydrogens (tertiary/aromatic N) is 2. The molecule has 0 atom stereocenters. The van der Waals surface area contributed by atoms with E-state index in [0.29, 0.717) is 23.8 Å². The molecule has 3 nitrogen and oxygen atoms in total. The highest BCUT2D eigenvalue weighted by Crippen LogP contribution is 2.23. The molecule has 0 aliphatic heterocycles. The standard InChI is InChI=1S/C14H27N3/c1-10(2)13(11(3)4)9-17-8-7-15-14(17)16-12(5)6/h7-8,10-13H,9H2,1-6H3,(H,15,16). The van der Waals surface area contributed by atoms with Gasteiger partial charge in [-0.1, -0.05) is 27.7 Å². The van der Waals surface area contributed by atoms with Crippen LogP contribution in [0.25, 0.3) is 0 Å². The second-order valence-corrected chi connectivity index (χ2v) is 5.85. The fourth-order valence-electron chi connectivity index (χ4n) is 2.27. The average Bonchev–Trinajstić information content (AvgIpc) is 2.59. The van der Waals surface area contributed by atoms with Gasteiger partial charge in [-0.25, -0.2) is 4.98 Å². The van der Waals surface area contributed by atoms with Gasteiger partial charge in [0.2, 0.25) is 5.95 Å². The van der Waals surface area contributed by atoms with Crippen LogP contribution in [0.1, 0.15) is 41.5 Å². The Balaban J connectivity index is 2.76. The lowest BCUT2D eigenvalue weighted by Crippen LogP contribution is -2.23. The van der Waals surface area contributed by atoms with Crippen molar-refractivity contribution in [3.63, 3.8) is 0 Å². The van der Waals surface area contributed by atoms with Gasteiger partial charge in [-0.15, -0.1) is 0 Å². The van der Waals surface area contributed by atoms with Gasteiger partial charge in [0.1, 0.15) is 0 Å². The van der Waals surface area contributed by atoms with Crippen LogP contribution in [-0.4, -0.2) is 15.6 Å². The van der Waals surface area contributed by atoms with Crippen LogP contribution in [0.15, 0.2) is 12.4 Å². The monoisotopic (exact) mass is 237 g/mol. The molecule has 0 unspecified atom stereocenters. The van der Waals surface area contributed by atoms with E-state index >= 15 is 0 Å². The van der Waals surface area contributed by atoms with Gasteiger partial charge < -0.3 is 9.88 Å². The van der Waals surface area contributed by atoms with Crippen molar-refractivity contribution in [2.45, 2.75) is 54.1 Å². The highest BCUT2D eigenvalue weighted by molar-refractivity contribution is 5.26. The van der Waals surface area contributed by atoms with Gasteiger partial charge in [-0.05, 0) is 31.6 Å². The van der Waals surface area contributed by atoms with E-state index in [4.69, 9.17) is 0 Å². The average molecular weight is 237 g/mol. The molecule has 0 amide bonds. The minimum atomic E-state index is 0.424. The summed E-state index contributed by atoms with van der Waals surface area (Å²) in [5.41, 5.74) is 0. The molecule has 0 aliphatic rings. The Bertz CT molecular complexity index is 318. The highest BCUT2D eigenvalue weighted by atomic mass is 15.2. The predicted octanol–water partition coefficient (Wildman–Crippen LogP) is 3.63. The molecule has 3 heteroatoms. The van der Waals surface area contributed by atoms with Crippen molar-refractivity contribution in [2.24, 2.45) is 17.8 Å². The minimum absolute atomic E-state index is 0.424. The molecule has 98 valence electrons. The molecular weight excluding hydrogens is 210 g/mol. The van der Waals surface area contributed by atoms with Crippen molar-refractivity contribution in [3.8, 4) is 0 Å². The van der Waals surface area contributed by atoms with E-state index < -0.39 is 0 Å². The zero-order valence-corrected chi connectivity index (χ0v) is 12.1. The molecule has 17 heavy (non-hydrogen) atoms. The molecule has 0 radical (unpaired) electrons. The lowest BCUT2D eigenvalue weighted by molar-refractivity contribution is 0.253. The predicted molar refractivity (Wildman–Crippen MR) is 74.2 cm³/mol. The number of hydrogen-bond acceptors (Lipinski definition) is 2. The van der Waals surface area contributed by atoms with Gasteiger partial charge in [-0.3, -0.25) is 0 Å². The molecule has 1 aromatic heterocycles. The first-order chi connectivity index (χ1) is 7.91. The summed E-state index contributed by atoms with van der Waals surface area (Å²) in [6, 6.07) is 0.424. The number of nitrogens with one attached hydrogen (secondary N) is 1. The number of aromatic nitrogens is 2. The summed E-state index contributed by atoms with van der Waals surface area (Å²) in [5.74, 6) is 3.08. The Hall–Kier alpha value is -0.990. The molecular formula is C14H27N3. The van der Waals surface area contributed by atoms with Crippen molar-refractivity contribution in [1.82, 2.24) is 9.55 Å². The third-order valence-electron chi connectivity index (χ3n) is 3.25. The van der Waals surface area contributed by atoms with Crippen molar-refractivity contribution in [1.29, 1.82) is 0 Å². The smallest absolute Gasteiger partial charge is 0.202 e. The Morgan fingerprint density at radius 2 is 1.71 bits per heavy atom. The Kier molecular flexibility index (Phi) is 5.03. The maximum Gasteiger partial charge on any atom is 0.202 e. The molecule has 1 rings (SSSR count). The van der Waals surface area contributed by atoms with E-state index in [9.17, 15) is 0 Å². The van der Waals surface area contributed by atoms with Crippen LogP contribution in [0.2, 0.25) is 0 Å². The van der Waals surface area contributed by atoms with Crippen molar-refractivity contribution in [3.05, 3.63) is 12.4 Å². The zero-order chi connectivity index (χ0) is 13.0. The molecule has 0 saturated carbocycles. The van der Waals surface area contributed by atoms with E-state index in [1.807, 2.05) is 6.20 Å². The lowest BCUT2D eigenvalue weighted by Gasteiger charge is -2.26. The minimum Gasteiger partial charge on any atom is -0.353 e. The summed E-state index contributed by atoms with van der Waals surface area (Å²) >= 11 is 0. The Morgan fingerprint density at radius 3 is 2.18 bits per heavy atom. The van der Waals surface area contributed by atoms with Crippen molar-refractivity contribution < 1.29 is 0 Å². The van der Waals surface area contributed by atoms with Crippen LogP contribution >= 0.6 is 0 Å². The zero-order valence-electron chi connectivity index (χ0n) is 12.1. The first-order valence-electron chi connectivity index (χ1n) is 6.69.